The molecule has 0 unspecified atom stereocenters. The summed E-state index contributed by atoms with van der Waals surface area (Å²) in [6, 6.07) is 11.6. The van der Waals surface area contributed by atoms with Crippen molar-refractivity contribution in [1.82, 2.24) is 0 Å². The van der Waals surface area contributed by atoms with E-state index in [0.29, 0.717) is 5.56 Å². The number of hydrogen-bond acceptors (Lipinski definition) is 3. The Hall–Kier alpha value is -2.62. The molecular formula is C24H30FN3. The van der Waals surface area contributed by atoms with Gasteiger partial charge in [0.15, 0.2) is 0 Å². The van der Waals surface area contributed by atoms with E-state index in [2.05, 4.69) is 67.6 Å². The van der Waals surface area contributed by atoms with Crippen LogP contribution in [0.25, 0.3) is 5.57 Å². The Labute approximate surface area is 168 Å². The molecule has 0 N–H and O–H groups in total. The van der Waals surface area contributed by atoms with Crippen molar-refractivity contribution in [1.29, 1.82) is 0 Å². The number of likely N-dealkylation sites (N-methyl/N-ethyl adjacent to an activating group) is 1. The third-order valence-corrected chi connectivity index (χ3v) is 5.67. The second kappa shape index (κ2) is 7.78. The zero-order chi connectivity index (χ0) is 20.5. The molecule has 0 bridgehead atoms. The highest BCUT2D eigenvalue weighted by Gasteiger charge is 2.29. The van der Waals surface area contributed by atoms with Crippen LogP contribution >= 0.6 is 0 Å². The van der Waals surface area contributed by atoms with Crippen LogP contribution in [0.5, 0.6) is 0 Å². The second-order valence-electron chi connectivity index (χ2n) is 7.88. The summed E-state index contributed by atoms with van der Waals surface area (Å²) in [4.78, 5) is 8.89. The van der Waals surface area contributed by atoms with E-state index in [4.69, 9.17) is 0 Å². The quantitative estimate of drug-likeness (QED) is 0.589. The zero-order valence-electron chi connectivity index (χ0n) is 17.8. The summed E-state index contributed by atoms with van der Waals surface area (Å²) in [5.74, 6) is -0.250. The summed E-state index contributed by atoms with van der Waals surface area (Å²) in [7, 11) is 2.01. The van der Waals surface area contributed by atoms with Gasteiger partial charge in [-0.25, -0.2) is 4.39 Å². The average Bonchev–Trinajstić information content (AvgIpc) is 2.66. The van der Waals surface area contributed by atoms with E-state index in [9.17, 15) is 4.39 Å². The lowest BCUT2D eigenvalue weighted by atomic mass is 9.88. The molecule has 0 atom stereocenters. The molecule has 1 aliphatic rings. The molecule has 0 saturated carbocycles. The molecule has 1 heterocycles. The molecule has 0 amide bonds. The first-order valence-electron chi connectivity index (χ1n) is 9.93. The largest absolute Gasteiger partial charge is 0.372 e. The predicted molar refractivity (Wildman–Crippen MR) is 120 cm³/mol. The first-order valence-corrected chi connectivity index (χ1v) is 9.93. The maximum absolute atomic E-state index is 14.8. The fourth-order valence-corrected chi connectivity index (χ4v) is 3.77. The van der Waals surface area contributed by atoms with Gasteiger partial charge in [-0.05, 0) is 76.6 Å². The van der Waals surface area contributed by atoms with Gasteiger partial charge in [0, 0.05) is 48.9 Å². The molecule has 148 valence electrons. The lowest BCUT2D eigenvalue weighted by Crippen LogP contribution is -2.42. The van der Waals surface area contributed by atoms with Gasteiger partial charge >= 0.3 is 0 Å². The minimum absolute atomic E-state index is 0.133. The highest BCUT2D eigenvalue weighted by molar-refractivity contribution is 5.89. The average molecular weight is 380 g/mol. The molecule has 3 rings (SSSR count). The molecule has 1 aliphatic heterocycles. The van der Waals surface area contributed by atoms with Crippen molar-refractivity contribution in [3.63, 3.8) is 0 Å². The van der Waals surface area contributed by atoms with Crippen LogP contribution in [0.3, 0.4) is 0 Å². The van der Waals surface area contributed by atoms with Crippen LogP contribution in [0.1, 0.15) is 45.7 Å². The highest BCUT2D eigenvalue weighted by atomic mass is 19.1. The molecule has 0 radical (unpaired) electrons. The van der Waals surface area contributed by atoms with E-state index in [1.54, 1.807) is 12.3 Å². The number of allylic oxidation sites excluding steroid dienone is 1. The second-order valence-corrected chi connectivity index (χ2v) is 7.88. The SMILES string of the molecule is CCN(CC)c1ccc(N=Cc2cc3c(cc2F)N(C)C(C)(C)C=C3C)cc1. The van der Waals surface area contributed by atoms with Crippen LogP contribution in [0.2, 0.25) is 0 Å². The van der Waals surface area contributed by atoms with Crippen molar-refractivity contribution < 1.29 is 4.39 Å². The van der Waals surface area contributed by atoms with Crippen LogP contribution in [-0.4, -0.2) is 31.9 Å². The number of hydrogen-bond donors (Lipinski definition) is 0. The number of anilines is 2. The first-order chi connectivity index (χ1) is 13.3. The van der Waals surface area contributed by atoms with Crippen molar-refractivity contribution >= 4 is 28.8 Å². The smallest absolute Gasteiger partial charge is 0.134 e. The Bertz CT molecular complexity index is 906. The van der Waals surface area contributed by atoms with Gasteiger partial charge in [-0.1, -0.05) is 6.08 Å². The van der Waals surface area contributed by atoms with Gasteiger partial charge in [0.25, 0.3) is 0 Å². The van der Waals surface area contributed by atoms with E-state index in [1.807, 2.05) is 25.2 Å². The Balaban J connectivity index is 1.89. The zero-order valence-corrected chi connectivity index (χ0v) is 17.8. The maximum atomic E-state index is 14.8. The minimum atomic E-state index is -0.250. The molecule has 2 aromatic carbocycles. The summed E-state index contributed by atoms with van der Waals surface area (Å²) >= 11 is 0. The third kappa shape index (κ3) is 3.82. The van der Waals surface area contributed by atoms with E-state index in [0.717, 1.165) is 35.6 Å². The fraction of sp³-hybridized carbons (Fsp3) is 0.375. The van der Waals surface area contributed by atoms with Crippen LogP contribution in [-0.2, 0) is 0 Å². The number of benzene rings is 2. The Kier molecular flexibility index (Phi) is 5.59. The highest BCUT2D eigenvalue weighted by Crippen LogP contribution is 2.38. The van der Waals surface area contributed by atoms with Crippen LogP contribution < -0.4 is 9.80 Å². The topological polar surface area (TPSA) is 18.8 Å². The molecule has 2 aromatic rings. The van der Waals surface area contributed by atoms with Gasteiger partial charge in [0.05, 0.1) is 11.2 Å². The molecule has 0 fully saturated rings. The van der Waals surface area contributed by atoms with Gasteiger partial charge in [-0.3, -0.25) is 4.99 Å². The van der Waals surface area contributed by atoms with Gasteiger partial charge < -0.3 is 9.80 Å². The summed E-state index contributed by atoms with van der Waals surface area (Å²) in [5, 5.41) is 0. The number of aliphatic imine (C=N–C) groups is 1. The fourth-order valence-electron chi connectivity index (χ4n) is 3.77. The molecule has 28 heavy (non-hydrogen) atoms. The summed E-state index contributed by atoms with van der Waals surface area (Å²) in [6.45, 7) is 12.6. The molecule has 0 spiro atoms. The van der Waals surface area contributed by atoms with Gasteiger partial charge in [0.1, 0.15) is 5.82 Å². The summed E-state index contributed by atoms with van der Waals surface area (Å²) in [6.07, 6.45) is 3.84. The number of halogens is 1. The normalized spacial score (nSPS) is 15.5. The Morgan fingerprint density at radius 2 is 1.75 bits per heavy atom. The maximum Gasteiger partial charge on any atom is 0.134 e. The van der Waals surface area contributed by atoms with Crippen molar-refractivity contribution in [2.24, 2.45) is 4.99 Å². The number of rotatable bonds is 5. The van der Waals surface area contributed by atoms with Crippen molar-refractivity contribution in [2.75, 3.05) is 29.9 Å². The molecule has 4 heteroatoms. The molecular weight excluding hydrogens is 349 g/mol. The lowest BCUT2D eigenvalue weighted by Gasteiger charge is -2.40. The predicted octanol–water partition coefficient (Wildman–Crippen LogP) is 6.05. The van der Waals surface area contributed by atoms with Crippen molar-refractivity contribution in [3.8, 4) is 0 Å². The van der Waals surface area contributed by atoms with Gasteiger partial charge in [-0.2, -0.15) is 0 Å². The van der Waals surface area contributed by atoms with E-state index < -0.39 is 0 Å². The van der Waals surface area contributed by atoms with Crippen LogP contribution in [0, 0.1) is 5.82 Å². The van der Waals surface area contributed by atoms with Crippen molar-refractivity contribution in [3.05, 3.63) is 59.4 Å². The molecule has 0 aromatic heterocycles. The Morgan fingerprint density at radius 1 is 1.11 bits per heavy atom. The van der Waals surface area contributed by atoms with Gasteiger partial charge in [-0.15, -0.1) is 0 Å². The van der Waals surface area contributed by atoms with Gasteiger partial charge in [0.2, 0.25) is 0 Å². The number of fused-ring (bicyclic) bond motifs is 1. The molecule has 0 aliphatic carbocycles. The monoisotopic (exact) mass is 379 g/mol. The van der Waals surface area contributed by atoms with Crippen molar-refractivity contribution in [2.45, 2.75) is 40.2 Å². The van der Waals surface area contributed by atoms with Crippen LogP contribution in [0.15, 0.2) is 47.5 Å². The summed E-state index contributed by atoms with van der Waals surface area (Å²) < 4.78 is 14.8. The van der Waals surface area contributed by atoms with E-state index >= 15 is 0 Å². The van der Waals surface area contributed by atoms with Crippen LogP contribution in [0.4, 0.5) is 21.5 Å². The van der Waals surface area contributed by atoms with E-state index in [1.165, 1.54) is 5.69 Å². The summed E-state index contributed by atoms with van der Waals surface area (Å²) in [5.41, 5.74) is 5.51. The third-order valence-electron chi connectivity index (χ3n) is 5.67. The number of nitrogens with zero attached hydrogens (tertiary/aromatic N) is 3. The first kappa shape index (κ1) is 20.1. The minimum Gasteiger partial charge on any atom is -0.372 e. The standard InChI is InChI=1S/C24H30FN3/c1-7-28(8-2)20-11-9-19(10-12-20)26-16-18-13-21-17(3)15-24(4,5)27(6)23(21)14-22(18)25/h9-16H,7-8H2,1-6H3. The lowest BCUT2D eigenvalue weighted by molar-refractivity contribution is 0.589. The molecule has 3 nitrogen and oxygen atoms in total. The van der Waals surface area contributed by atoms with E-state index in [-0.39, 0.29) is 11.4 Å². The molecule has 0 saturated heterocycles. The Morgan fingerprint density at radius 3 is 2.36 bits per heavy atom.